The molecule has 0 bridgehead atoms. The van der Waals surface area contributed by atoms with Crippen molar-refractivity contribution in [1.82, 2.24) is 9.55 Å². The zero-order valence-electron chi connectivity index (χ0n) is 14.4. The van der Waals surface area contributed by atoms with Crippen LogP contribution >= 0.6 is 22.7 Å². The van der Waals surface area contributed by atoms with Gasteiger partial charge in [-0.05, 0) is 36.2 Å². The van der Waals surface area contributed by atoms with Crippen LogP contribution in [0.1, 0.15) is 21.5 Å². The lowest BCUT2D eigenvalue weighted by molar-refractivity contribution is 0.0974. The van der Waals surface area contributed by atoms with Gasteiger partial charge in [-0.1, -0.05) is 19.1 Å². The van der Waals surface area contributed by atoms with Gasteiger partial charge in [-0.25, -0.2) is 9.37 Å². The van der Waals surface area contributed by atoms with Crippen LogP contribution in [0.15, 0.2) is 52.9 Å². The molecule has 0 amide bonds. The molecule has 0 fully saturated rings. The molecule has 0 aliphatic heterocycles. The smallest absolute Gasteiger partial charge is 0.263 e. The van der Waals surface area contributed by atoms with Crippen molar-refractivity contribution in [1.29, 1.82) is 0 Å². The van der Waals surface area contributed by atoms with Crippen molar-refractivity contribution in [2.75, 3.05) is 0 Å². The standard InChI is InChI=1S/C20H15FN2O2S2/c1-2-14-7-8-17(27-14)16(24)9-23-11-22-19-18(20(23)25)15(10-26-19)12-3-5-13(21)6-4-12/h3-8,10-11H,2,9H2,1H3. The molecular formula is C20H15FN2O2S2. The summed E-state index contributed by atoms with van der Waals surface area (Å²) < 4.78 is 14.5. The molecule has 0 atom stereocenters. The molecule has 3 heterocycles. The van der Waals surface area contributed by atoms with Gasteiger partial charge in [0.15, 0.2) is 5.78 Å². The second-order valence-electron chi connectivity index (χ2n) is 6.06. The van der Waals surface area contributed by atoms with Gasteiger partial charge < -0.3 is 0 Å². The molecule has 7 heteroatoms. The third-order valence-electron chi connectivity index (χ3n) is 4.31. The summed E-state index contributed by atoms with van der Waals surface area (Å²) in [4.78, 5) is 32.2. The second-order valence-corrected chi connectivity index (χ2v) is 8.08. The van der Waals surface area contributed by atoms with Crippen LogP contribution in [0, 0.1) is 5.82 Å². The minimum atomic E-state index is -0.332. The number of hydrogen-bond donors (Lipinski definition) is 0. The van der Waals surface area contributed by atoms with E-state index in [2.05, 4.69) is 4.98 Å². The van der Waals surface area contributed by atoms with Gasteiger partial charge in [0.2, 0.25) is 0 Å². The molecule has 0 aliphatic rings. The number of carbonyl (C=O) groups is 1. The lowest BCUT2D eigenvalue weighted by Crippen LogP contribution is -2.24. The van der Waals surface area contributed by atoms with E-state index in [0.29, 0.717) is 20.7 Å². The van der Waals surface area contributed by atoms with E-state index >= 15 is 0 Å². The second kappa shape index (κ2) is 7.17. The molecule has 0 saturated carbocycles. The highest BCUT2D eigenvalue weighted by atomic mass is 32.1. The Hall–Kier alpha value is -2.64. The average molecular weight is 398 g/mol. The SMILES string of the molecule is CCc1ccc(C(=O)Cn2cnc3scc(-c4ccc(F)cc4)c3c2=O)s1. The first-order valence-electron chi connectivity index (χ1n) is 8.41. The summed E-state index contributed by atoms with van der Waals surface area (Å²) in [7, 11) is 0. The molecule has 0 saturated heterocycles. The van der Waals surface area contributed by atoms with Crippen LogP contribution in [-0.4, -0.2) is 15.3 Å². The Labute approximate surface area is 162 Å². The molecule has 0 N–H and O–H groups in total. The highest BCUT2D eigenvalue weighted by molar-refractivity contribution is 7.17. The monoisotopic (exact) mass is 398 g/mol. The Bertz CT molecular complexity index is 1190. The number of thiophene rings is 2. The number of aryl methyl sites for hydroxylation is 1. The van der Waals surface area contributed by atoms with Crippen molar-refractivity contribution in [3.63, 3.8) is 0 Å². The normalized spacial score (nSPS) is 11.2. The molecule has 4 rings (SSSR count). The van der Waals surface area contributed by atoms with Gasteiger partial charge in [-0.15, -0.1) is 22.7 Å². The first-order chi connectivity index (χ1) is 13.1. The molecule has 27 heavy (non-hydrogen) atoms. The summed E-state index contributed by atoms with van der Waals surface area (Å²) >= 11 is 2.81. The van der Waals surface area contributed by atoms with Gasteiger partial charge in [0.25, 0.3) is 5.56 Å². The largest absolute Gasteiger partial charge is 0.291 e. The van der Waals surface area contributed by atoms with E-state index in [1.807, 2.05) is 18.4 Å². The molecule has 0 aliphatic carbocycles. The van der Waals surface area contributed by atoms with Crippen molar-refractivity contribution >= 4 is 38.7 Å². The highest BCUT2D eigenvalue weighted by Crippen LogP contribution is 2.30. The van der Waals surface area contributed by atoms with Gasteiger partial charge in [-0.2, -0.15) is 0 Å². The molecule has 0 radical (unpaired) electrons. The van der Waals surface area contributed by atoms with E-state index < -0.39 is 0 Å². The number of carbonyl (C=O) groups excluding carboxylic acids is 1. The fourth-order valence-corrected chi connectivity index (χ4v) is 4.66. The van der Waals surface area contributed by atoms with E-state index in [1.165, 1.54) is 45.7 Å². The van der Waals surface area contributed by atoms with E-state index in [1.54, 1.807) is 18.2 Å². The minimum absolute atomic E-state index is 0.0514. The highest BCUT2D eigenvalue weighted by Gasteiger charge is 2.16. The molecular weight excluding hydrogens is 383 g/mol. The fraction of sp³-hybridized carbons (Fsp3) is 0.150. The predicted octanol–water partition coefficient (Wildman–Crippen LogP) is 4.77. The maximum Gasteiger partial charge on any atom is 0.263 e. The molecule has 0 spiro atoms. The van der Waals surface area contributed by atoms with Gasteiger partial charge in [0, 0.05) is 15.8 Å². The summed E-state index contributed by atoms with van der Waals surface area (Å²) in [5.41, 5.74) is 1.19. The summed E-state index contributed by atoms with van der Waals surface area (Å²) in [6.07, 6.45) is 2.29. The number of halogens is 1. The van der Waals surface area contributed by atoms with Crippen LogP contribution in [0.4, 0.5) is 4.39 Å². The van der Waals surface area contributed by atoms with Crippen LogP contribution in [0.3, 0.4) is 0 Å². The predicted molar refractivity (Wildman–Crippen MR) is 107 cm³/mol. The maximum absolute atomic E-state index is 13.2. The Morgan fingerprint density at radius 2 is 1.96 bits per heavy atom. The summed E-state index contributed by atoms with van der Waals surface area (Å²) in [6, 6.07) is 9.73. The quantitative estimate of drug-likeness (QED) is 0.455. The Kier molecular flexibility index (Phi) is 4.72. The molecule has 1 aromatic carbocycles. The van der Waals surface area contributed by atoms with Crippen molar-refractivity contribution < 1.29 is 9.18 Å². The molecule has 4 nitrogen and oxygen atoms in total. The number of rotatable bonds is 5. The molecule has 3 aromatic heterocycles. The van der Waals surface area contributed by atoms with Crippen LogP contribution in [-0.2, 0) is 13.0 Å². The van der Waals surface area contributed by atoms with Crippen LogP contribution < -0.4 is 5.56 Å². The number of hydrogen-bond acceptors (Lipinski definition) is 5. The first-order valence-corrected chi connectivity index (χ1v) is 10.1. The van der Waals surface area contributed by atoms with Gasteiger partial charge in [0.05, 0.1) is 23.1 Å². The van der Waals surface area contributed by atoms with E-state index in [0.717, 1.165) is 16.9 Å². The lowest BCUT2D eigenvalue weighted by atomic mass is 10.1. The van der Waals surface area contributed by atoms with Gasteiger partial charge in [0.1, 0.15) is 10.6 Å². The number of Topliss-reactive ketones (excluding diaryl/α,β-unsaturated/α-hetero) is 1. The van der Waals surface area contributed by atoms with Crippen molar-refractivity contribution in [2.45, 2.75) is 19.9 Å². The summed E-state index contributed by atoms with van der Waals surface area (Å²) in [6.45, 7) is 1.99. The fourth-order valence-electron chi connectivity index (χ4n) is 2.87. The Morgan fingerprint density at radius 3 is 2.67 bits per heavy atom. The zero-order valence-corrected chi connectivity index (χ0v) is 16.1. The van der Waals surface area contributed by atoms with E-state index in [4.69, 9.17) is 0 Å². The van der Waals surface area contributed by atoms with Crippen LogP contribution in [0.5, 0.6) is 0 Å². The van der Waals surface area contributed by atoms with E-state index in [9.17, 15) is 14.0 Å². The summed E-state index contributed by atoms with van der Waals surface area (Å²) in [5.74, 6) is -0.441. The van der Waals surface area contributed by atoms with E-state index in [-0.39, 0.29) is 23.7 Å². The third-order valence-corrected chi connectivity index (χ3v) is 6.47. The average Bonchev–Trinajstić information content (AvgIpc) is 3.32. The molecule has 4 aromatic rings. The number of aromatic nitrogens is 2. The number of ketones is 1. The Morgan fingerprint density at radius 1 is 1.19 bits per heavy atom. The number of benzene rings is 1. The topological polar surface area (TPSA) is 52.0 Å². The van der Waals surface area contributed by atoms with Gasteiger partial charge >= 0.3 is 0 Å². The molecule has 136 valence electrons. The number of fused-ring (bicyclic) bond motifs is 1. The molecule has 0 unspecified atom stereocenters. The number of nitrogens with zero attached hydrogens (tertiary/aromatic N) is 2. The van der Waals surface area contributed by atoms with Gasteiger partial charge in [-0.3, -0.25) is 14.2 Å². The summed E-state index contributed by atoms with van der Waals surface area (Å²) in [5, 5.41) is 2.30. The van der Waals surface area contributed by atoms with Crippen molar-refractivity contribution in [3.8, 4) is 11.1 Å². The third kappa shape index (κ3) is 3.36. The van der Waals surface area contributed by atoms with Crippen molar-refractivity contribution in [3.05, 3.63) is 74.0 Å². The minimum Gasteiger partial charge on any atom is -0.291 e. The maximum atomic E-state index is 13.2. The first kappa shape index (κ1) is 17.8. The van der Waals surface area contributed by atoms with Crippen LogP contribution in [0.2, 0.25) is 0 Å². The Balaban J connectivity index is 1.73. The zero-order chi connectivity index (χ0) is 19.0. The lowest BCUT2D eigenvalue weighted by Gasteiger charge is -2.05. The van der Waals surface area contributed by atoms with Crippen molar-refractivity contribution in [2.24, 2.45) is 0 Å². The van der Waals surface area contributed by atoms with Crippen LogP contribution in [0.25, 0.3) is 21.3 Å².